The van der Waals surface area contributed by atoms with Crippen molar-refractivity contribution >= 4 is 11.9 Å². The van der Waals surface area contributed by atoms with Gasteiger partial charge in [0.15, 0.2) is 5.69 Å². The van der Waals surface area contributed by atoms with Crippen molar-refractivity contribution in [3.05, 3.63) is 48.3 Å². The van der Waals surface area contributed by atoms with E-state index in [9.17, 15) is 9.59 Å². The number of para-hydroxylation sites is 1. The van der Waals surface area contributed by atoms with Crippen LogP contribution in [0.15, 0.2) is 42.6 Å². The summed E-state index contributed by atoms with van der Waals surface area (Å²) in [7, 11) is 0. The normalized spacial score (nSPS) is 15.2. The second-order valence-electron chi connectivity index (χ2n) is 5.91. The second kappa shape index (κ2) is 6.24. The molecular formula is C17H19N3O3. The molecule has 23 heavy (non-hydrogen) atoms. The van der Waals surface area contributed by atoms with Gasteiger partial charge < -0.3 is 10.0 Å². The van der Waals surface area contributed by atoms with Gasteiger partial charge in [-0.15, -0.1) is 0 Å². The Morgan fingerprint density at radius 3 is 2.61 bits per heavy atom. The Balaban J connectivity index is 1.78. The van der Waals surface area contributed by atoms with Gasteiger partial charge >= 0.3 is 5.97 Å². The first-order valence-corrected chi connectivity index (χ1v) is 7.71. The van der Waals surface area contributed by atoms with Crippen LogP contribution in [0.4, 0.5) is 0 Å². The molecule has 1 amide bonds. The van der Waals surface area contributed by atoms with Crippen LogP contribution < -0.4 is 0 Å². The van der Waals surface area contributed by atoms with Gasteiger partial charge in [0.1, 0.15) is 0 Å². The highest BCUT2D eigenvalue weighted by Crippen LogP contribution is 2.29. The number of aliphatic carboxylic acids is 1. The smallest absolute Gasteiger partial charge is 0.308 e. The molecule has 1 fully saturated rings. The van der Waals surface area contributed by atoms with Crippen LogP contribution in [0.25, 0.3) is 5.69 Å². The van der Waals surface area contributed by atoms with Gasteiger partial charge in [-0.05, 0) is 31.0 Å². The summed E-state index contributed by atoms with van der Waals surface area (Å²) in [6.45, 7) is 1.84. The Kier molecular flexibility index (Phi) is 4.14. The highest BCUT2D eigenvalue weighted by atomic mass is 16.4. The van der Waals surface area contributed by atoms with Crippen molar-refractivity contribution in [2.45, 2.75) is 25.8 Å². The molecule has 1 N–H and O–H groups in total. The molecule has 0 radical (unpaired) electrons. The summed E-state index contributed by atoms with van der Waals surface area (Å²) < 4.78 is 1.65. The molecule has 1 heterocycles. The minimum atomic E-state index is -0.890. The minimum absolute atomic E-state index is 0.145. The van der Waals surface area contributed by atoms with E-state index >= 15 is 0 Å². The quantitative estimate of drug-likeness (QED) is 0.887. The van der Waals surface area contributed by atoms with Crippen LogP contribution in [-0.2, 0) is 4.79 Å². The van der Waals surface area contributed by atoms with Crippen molar-refractivity contribution < 1.29 is 14.7 Å². The lowest BCUT2D eigenvalue weighted by molar-refractivity contribution is -0.141. The number of nitrogens with zero attached hydrogens (tertiary/aromatic N) is 3. The molecule has 1 aliphatic carbocycles. The van der Waals surface area contributed by atoms with Crippen molar-refractivity contribution in [2.24, 2.45) is 5.92 Å². The monoisotopic (exact) mass is 313 g/mol. The number of aromatic nitrogens is 2. The molecule has 1 saturated carbocycles. The maximum atomic E-state index is 12.7. The maximum Gasteiger partial charge on any atom is 0.308 e. The number of rotatable bonds is 6. The molecule has 0 aliphatic heterocycles. The molecule has 1 aromatic carbocycles. The van der Waals surface area contributed by atoms with E-state index in [1.54, 1.807) is 28.8 Å². The van der Waals surface area contributed by atoms with E-state index in [0.717, 1.165) is 18.5 Å². The van der Waals surface area contributed by atoms with Crippen LogP contribution in [0.2, 0.25) is 0 Å². The van der Waals surface area contributed by atoms with E-state index in [4.69, 9.17) is 5.11 Å². The van der Waals surface area contributed by atoms with E-state index < -0.39 is 11.9 Å². The highest BCUT2D eigenvalue weighted by molar-refractivity contribution is 5.93. The molecule has 0 spiro atoms. The predicted molar refractivity (Wildman–Crippen MR) is 84.4 cm³/mol. The van der Waals surface area contributed by atoms with Gasteiger partial charge in [0.25, 0.3) is 5.91 Å². The maximum absolute atomic E-state index is 12.7. The zero-order valence-electron chi connectivity index (χ0n) is 12.9. The van der Waals surface area contributed by atoms with Gasteiger partial charge in [-0.3, -0.25) is 9.59 Å². The van der Waals surface area contributed by atoms with Gasteiger partial charge in [0, 0.05) is 18.8 Å². The average Bonchev–Trinajstić information content (AvgIpc) is 3.28. The zero-order chi connectivity index (χ0) is 16.4. The Hall–Kier alpha value is -2.63. The molecule has 120 valence electrons. The molecule has 1 aromatic heterocycles. The number of carbonyl (C=O) groups is 2. The second-order valence-corrected chi connectivity index (χ2v) is 5.91. The number of carboxylic acid groups (broad SMARTS) is 1. The number of benzene rings is 1. The fraction of sp³-hybridized carbons (Fsp3) is 0.353. The van der Waals surface area contributed by atoms with Crippen LogP contribution in [0.3, 0.4) is 0 Å². The Morgan fingerprint density at radius 1 is 1.30 bits per heavy atom. The summed E-state index contributed by atoms with van der Waals surface area (Å²) in [6, 6.07) is 11.4. The SMILES string of the molecule is C[C@H](CN(C(=O)c1ccn(-c2ccccc2)n1)C1CC1)C(=O)O. The molecule has 6 nitrogen and oxygen atoms in total. The van der Waals surface area contributed by atoms with Crippen molar-refractivity contribution in [2.75, 3.05) is 6.54 Å². The van der Waals surface area contributed by atoms with Gasteiger partial charge in [0.2, 0.25) is 0 Å². The first kappa shape index (κ1) is 15.3. The van der Waals surface area contributed by atoms with E-state index in [2.05, 4.69) is 5.10 Å². The lowest BCUT2D eigenvalue weighted by Gasteiger charge is -2.23. The van der Waals surface area contributed by atoms with Crippen LogP contribution in [-0.4, -0.2) is 44.3 Å². The molecule has 6 heteroatoms. The lowest BCUT2D eigenvalue weighted by atomic mass is 10.1. The Bertz CT molecular complexity index is 707. The van der Waals surface area contributed by atoms with Gasteiger partial charge in [-0.25, -0.2) is 4.68 Å². The van der Waals surface area contributed by atoms with Crippen molar-refractivity contribution in [3.63, 3.8) is 0 Å². The molecule has 0 bridgehead atoms. The first-order chi connectivity index (χ1) is 11.1. The third kappa shape index (κ3) is 3.41. The van der Waals surface area contributed by atoms with E-state index in [1.807, 2.05) is 30.3 Å². The fourth-order valence-corrected chi connectivity index (χ4v) is 2.47. The third-order valence-electron chi connectivity index (χ3n) is 3.97. The molecule has 1 aliphatic rings. The van der Waals surface area contributed by atoms with E-state index in [0.29, 0.717) is 5.69 Å². The largest absolute Gasteiger partial charge is 0.481 e. The standard InChI is InChI=1S/C17H19N3O3/c1-12(17(22)23)11-19(13-7-8-13)16(21)15-9-10-20(18-15)14-5-3-2-4-6-14/h2-6,9-10,12-13H,7-8,11H2,1H3,(H,22,23)/t12-/m1/s1. The summed E-state index contributed by atoms with van der Waals surface area (Å²) in [4.78, 5) is 25.4. The number of amides is 1. The van der Waals surface area contributed by atoms with Crippen LogP contribution in [0.5, 0.6) is 0 Å². The molecule has 2 aromatic rings. The molecule has 0 unspecified atom stereocenters. The fourth-order valence-electron chi connectivity index (χ4n) is 2.47. The number of carbonyl (C=O) groups excluding carboxylic acids is 1. The molecular weight excluding hydrogens is 294 g/mol. The molecule has 0 saturated heterocycles. The van der Waals surface area contributed by atoms with Crippen LogP contribution >= 0.6 is 0 Å². The lowest BCUT2D eigenvalue weighted by Crippen LogP contribution is -2.38. The van der Waals surface area contributed by atoms with Crippen molar-refractivity contribution in [1.29, 1.82) is 0 Å². The summed E-state index contributed by atoms with van der Waals surface area (Å²) in [5.74, 6) is -1.68. The number of hydrogen-bond acceptors (Lipinski definition) is 3. The van der Waals surface area contributed by atoms with Crippen LogP contribution in [0, 0.1) is 5.92 Å². The third-order valence-corrected chi connectivity index (χ3v) is 3.97. The minimum Gasteiger partial charge on any atom is -0.481 e. The zero-order valence-corrected chi connectivity index (χ0v) is 12.9. The summed E-state index contributed by atoms with van der Waals surface area (Å²) in [5, 5.41) is 13.4. The van der Waals surface area contributed by atoms with Crippen molar-refractivity contribution in [3.8, 4) is 5.69 Å². The summed E-state index contributed by atoms with van der Waals surface area (Å²) in [6.07, 6.45) is 3.60. The predicted octanol–water partition coefficient (Wildman–Crippen LogP) is 2.20. The average molecular weight is 313 g/mol. The van der Waals surface area contributed by atoms with E-state index in [1.165, 1.54) is 0 Å². The Morgan fingerprint density at radius 2 is 2.00 bits per heavy atom. The molecule has 1 atom stereocenters. The first-order valence-electron chi connectivity index (χ1n) is 7.71. The Labute approximate surface area is 134 Å². The van der Waals surface area contributed by atoms with E-state index in [-0.39, 0.29) is 18.5 Å². The highest BCUT2D eigenvalue weighted by Gasteiger charge is 2.35. The summed E-state index contributed by atoms with van der Waals surface area (Å²) in [5.41, 5.74) is 1.22. The van der Waals surface area contributed by atoms with Gasteiger partial charge in [-0.2, -0.15) is 5.10 Å². The van der Waals surface area contributed by atoms with Gasteiger partial charge in [-0.1, -0.05) is 25.1 Å². The van der Waals surface area contributed by atoms with Crippen molar-refractivity contribution in [1.82, 2.24) is 14.7 Å². The van der Waals surface area contributed by atoms with Crippen LogP contribution in [0.1, 0.15) is 30.3 Å². The summed E-state index contributed by atoms with van der Waals surface area (Å²) >= 11 is 0. The number of hydrogen-bond donors (Lipinski definition) is 1. The topological polar surface area (TPSA) is 75.4 Å². The number of carboxylic acids is 1. The van der Waals surface area contributed by atoms with Gasteiger partial charge in [0.05, 0.1) is 11.6 Å². The molecule has 3 rings (SSSR count).